The summed E-state index contributed by atoms with van der Waals surface area (Å²) in [6.07, 6.45) is 0.208. The first-order chi connectivity index (χ1) is 9.99. The van der Waals surface area contributed by atoms with Crippen molar-refractivity contribution in [2.45, 2.75) is 13.3 Å². The van der Waals surface area contributed by atoms with Crippen LogP contribution in [0.15, 0.2) is 42.5 Å². The molecule has 5 heteroatoms. The van der Waals surface area contributed by atoms with Gasteiger partial charge in [-0.2, -0.15) is 0 Å². The van der Waals surface area contributed by atoms with E-state index in [0.717, 1.165) is 11.1 Å². The Kier molecular flexibility index (Phi) is 4.65. The molecule has 1 amide bonds. The number of halogens is 1. The lowest BCUT2D eigenvalue weighted by molar-refractivity contribution is -0.115. The number of hydrogen-bond acceptors (Lipinski definition) is 2. The number of anilines is 1. The Morgan fingerprint density at radius 2 is 1.95 bits per heavy atom. The fourth-order valence-corrected chi connectivity index (χ4v) is 2.26. The summed E-state index contributed by atoms with van der Waals surface area (Å²) >= 11 is 4.83. The van der Waals surface area contributed by atoms with Gasteiger partial charge in [0, 0.05) is 0 Å². The molecule has 2 aromatic carbocycles. The van der Waals surface area contributed by atoms with Crippen molar-refractivity contribution in [3.63, 3.8) is 0 Å². The number of aryl methyl sites for hydroxylation is 1. The SMILES string of the molecule is Cc1ccccc1CC(=O)Nc1cccc(F)c1C(N)=S. The molecular weight excluding hydrogens is 287 g/mol. The summed E-state index contributed by atoms with van der Waals surface area (Å²) in [5.74, 6) is -0.788. The predicted molar refractivity (Wildman–Crippen MR) is 85.8 cm³/mol. The molecular formula is C16H15FN2OS. The maximum atomic E-state index is 13.7. The molecule has 0 heterocycles. The Balaban J connectivity index is 2.19. The molecule has 21 heavy (non-hydrogen) atoms. The third-order valence-electron chi connectivity index (χ3n) is 3.15. The first kappa shape index (κ1) is 15.1. The van der Waals surface area contributed by atoms with Gasteiger partial charge < -0.3 is 11.1 Å². The van der Waals surface area contributed by atoms with Crippen LogP contribution in [0.5, 0.6) is 0 Å². The molecule has 3 N–H and O–H groups in total. The molecule has 0 spiro atoms. The largest absolute Gasteiger partial charge is 0.389 e. The molecule has 2 rings (SSSR count). The van der Waals surface area contributed by atoms with E-state index < -0.39 is 5.82 Å². The van der Waals surface area contributed by atoms with E-state index >= 15 is 0 Å². The highest BCUT2D eigenvalue weighted by atomic mass is 32.1. The van der Waals surface area contributed by atoms with Crippen molar-refractivity contribution >= 4 is 28.8 Å². The second-order valence-electron chi connectivity index (χ2n) is 4.68. The topological polar surface area (TPSA) is 55.1 Å². The zero-order chi connectivity index (χ0) is 15.4. The molecule has 2 aromatic rings. The number of carbonyl (C=O) groups excluding carboxylic acids is 1. The number of rotatable bonds is 4. The van der Waals surface area contributed by atoms with E-state index in [0.29, 0.717) is 5.69 Å². The molecule has 3 nitrogen and oxygen atoms in total. The average molecular weight is 302 g/mol. The van der Waals surface area contributed by atoms with Crippen LogP contribution in [0, 0.1) is 12.7 Å². The Morgan fingerprint density at radius 1 is 1.24 bits per heavy atom. The molecule has 0 aromatic heterocycles. The summed E-state index contributed by atoms with van der Waals surface area (Å²) in [7, 11) is 0. The highest BCUT2D eigenvalue weighted by molar-refractivity contribution is 7.80. The van der Waals surface area contributed by atoms with Crippen molar-refractivity contribution in [2.24, 2.45) is 5.73 Å². The summed E-state index contributed by atoms with van der Waals surface area (Å²) in [4.78, 5) is 12.0. The molecule has 0 aliphatic carbocycles. The summed E-state index contributed by atoms with van der Waals surface area (Å²) in [6, 6.07) is 11.9. The van der Waals surface area contributed by atoms with Gasteiger partial charge in [-0.15, -0.1) is 0 Å². The summed E-state index contributed by atoms with van der Waals surface area (Å²) in [5, 5.41) is 2.66. The standard InChI is InChI=1S/C16H15FN2OS/c1-10-5-2-3-6-11(10)9-14(20)19-13-8-4-7-12(17)15(13)16(18)21/h2-8H,9H2,1H3,(H2,18,21)(H,19,20). The van der Waals surface area contributed by atoms with Gasteiger partial charge in [-0.05, 0) is 30.2 Å². The van der Waals surface area contributed by atoms with Crippen molar-refractivity contribution in [3.8, 4) is 0 Å². The number of carbonyl (C=O) groups is 1. The Bertz CT molecular complexity index is 700. The summed E-state index contributed by atoms with van der Waals surface area (Å²) in [6.45, 7) is 1.94. The highest BCUT2D eigenvalue weighted by Gasteiger charge is 2.14. The summed E-state index contributed by atoms with van der Waals surface area (Å²) in [5.41, 5.74) is 7.81. The average Bonchev–Trinajstić information content (AvgIpc) is 2.41. The van der Waals surface area contributed by atoms with Gasteiger partial charge in [0.25, 0.3) is 0 Å². The fourth-order valence-electron chi connectivity index (χ4n) is 2.05. The molecule has 0 unspecified atom stereocenters. The molecule has 0 radical (unpaired) electrons. The van der Waals surface area contributed by atoms with Crippen molar-refractivity contribution < 1.29 is 9.18 Å². The monoisotopic (exact) mass is 302 g/mol. The second-order valence-corrected chi connectivity index (χ2v) is 5.12. The Hall–Kier alpha value is -2.27. The van der Waals surface area contributed by atoms with Crippen molar-refractivity contribution in [1.29, 1.82) is 0 Å². The highest BCUT2D eigenvalue weighted by Crippen LogP contribution is 2.19. The minimum absolute atomic E-state index is 0.0608. The van der Waals surface area contributed by atoms with Crippen LogP contribution in [0.4, 0.5) is 10.1 Å². The van der Waals surface area contributed by atoms with Gasteiger partial charge in [0.2, 0.25) is 5.91 Å². The number of nitrogens with one attached hydrogen (secondary N) is 1. The quantitative estimate of drug-likeness (QED) is 0.854. The van der Waals surface area contributed by atoms with E-state index in [1.54, 1.807) is 6.07 Å². The number of hydrogen-bond donors (Lipinski definition) is 2. The number of nitrogens with two attached hydrogens (primary N) is 1. The van der Waals surface area contributed by atoms with Crippen LogP contribution in [0.1, 0.15) is 16.7 Å². The van der Waals surface area contributed by atoms with Gasteiger partial charge >= 0.3 is 0 Å². The fraction of sp³-hybridized carbons (Fsp3) is 0.125. The predicted octanol–water partition coefficient (Wildman–Crippen LogP) is 2.95. The number of benzene rings is 2. The van der Waals surface area contributed by atoms with Gasteiger partial charge in [0.05, 0.1) is 17.7 Å². The van der Waals surface area contributed by atoms with Gasteiger partial charge in [-0.3, -0.25) is 4.79 Å². The van der Waals surface area contributed by atoms with Crippen LogP contribution >= 0.6 is 12.2 Å². The maximum absolute atomic E-state index is 13.7. The van der Waals surface area contributed by atoms with Crippen LogP contribution in [-0.2, 0) is 11.2 Å². The van der Waals surface area contributed by atoms with E-state index in [1.807, 2.05) is 31.2 Å². The summed E-state index contributed by atoms with van der Waals surface area (Å²) < 4.78 is 13.7. The van der Waals surface area contributed by atoms with Crippen LogP contribution in [0.25, 0.3) is 0 Å². The smallest absolute Gasteiger partial charge is 0.228 e. The lowest BCUT2D eigenvalue weighted by Gasteiger charge is -2.11. The van der Waals surface area contributed by atoms with E-state index in [9.17, 15) is 9.18 Å². The van der Waals surface area contributed by atoms with E-state index in [4.69, 9.17) is 18.0 Å². The van der Waals surface area contributed by atoms with Gasteiger partial charge in [-0.1, -0.05) is 42.5 Å². The molecule has 0 fully saturated rings. The number of thiocarbonyl (C=S) groups is 1. The van der Waals surface area contributed by atoms with E-state index in [2.05, 4.69) is 5.32 Å². The van der Waals surface area contributed by atoms with Gasteiger partial charge in [0.1, 0.15) is 10.8 Å². The van der Waals surface area contributed by atoms with Crippen molar-refractivity contribution in [1.82, 2.24) is 0 Å². The Morgan fingerprint density at radius 3 is 2.62 bits per heavy atom. The molecule has 0 aliphatic heterocycles. The first-order valence-electron chi connectivity index (χ1n) is 6.41. The van der Waals surface area contributed by atoms with Crippen molar-refractivity contribution in [2.75, 3.05) is 5.32 Å². The minimum atomic E-state index is -0.545. The minimum Gasteiger partial charge on any atom is -0.389 e. The van der Waals surface area contributed by atoms with Gasteiger partial charge in [0.15, 0.2) is 0 Å². The third-order valence-corrected chi connectivity index (χ3v) is 3.35. The van der Waals surface area contributed by atoms with E-state index in [-0.39, 0.29) is 22.9 Å². The lowest BCUT2D eigenvalue weighted by Crippen LogP contribution is -2.20. The normalized spacial score (nSPS) is 10.2. The second kappa shape index (κ2) is 6.45. The van der Waals surface area contributed by atoms with Crippen LogP contribution in [0.2, 0.25) is 0 Å². The van der Waals surface area contributed by atoms with Gasteiger partial charge in [-0.25, -0.2) is 4.39 Å². The molecule has 108 valence electrons. The van der Waals surface area contributed by atoms with Crippen LogP contribution in [0.3, 0.4) is 0 Å². The zero-order valence-electron chi connectivity index (χ0n) is 11.5. The maximum Gasteiger partial charge on any atom is 0.228 e. The van der Waals surface area contributed by atoms with E-state index in [1.165, 1.54) is 12.1 Å². The molecule has 0 bridgehead atoms. The molecule has 0 atom stereocenters. The third kappa shape index (κ3) is 3.64. The Labute approximate surface area is 128 Å². The molecule has 0 aliphatic rings. The van der Waals surface area contributed by atoms with Crippen molar-refractivity contribution in [3.05, 3.63) is 65.0 Å². The lowest BCUT2D eigenvalue weighted by atomic mass is 10.1. The first-order valence-corrected chi connectivity index (χ1v) is 6.82. The zero-order valence-corrected chi connectivity index (χ0v) is 12.3. The molecule has 0 saturated carbocycles. The molecule has 0 saturated heterocycles. The van der Waals surface area contributed by atoms with Crippen LogP contribution < -0.4 is 11.1 Å². The number of amides is 1. The van der Waals surface area contributed by atoms with Crippen LogP contribution in [-0.4, -0.2) is 10.9 Å².